The van der Waals surface area contributed by atoms with E-state index in [2.05, 4.69) is 16.5 Å². The maximum atomic E-state index is 10.9. The van der Waals surface area contributed by atoms with E-state index in [9.17, 15) is 4.79 Å². The normalized spacial score (nSPS) is 13.2. The number of aromatic nitrogens is 2. The van der Waals surface area contributed by atoms with Gasteiger partial charge in [0.2, 0.25) is 0 Å². The Hall–Kier alpha value is -2.30. The van der Waals surface area contributed by atoms with Crippen LogP contribution >= 0.6 is 0 Å². The highest BCUT2D eigenvalue weighted by Crippen LogP contribution is 2.25. The summed E-state index contributed by atoms with van der Waals surface area (Å²) in [6.07, 6.45) is 0.995. The second-order valence-electron chi connectivity index (χ2n) is 4.41. The summed E-state index contributed by atoms with van der Waals surface area (Å²) in [6.45, 7) is 2.81. The van der Waals surface area contributed by atoms with E-state index in [0.717, 1.165) is 30.0 Å². The lowest BCUT2D eigenvalue weighted by Crippen LogP contribution is -2.02. The maximum absolute atomic E-state index is 10.9. The van der Waals surface area contributed by atoms with Gasteiger partial charge in [0, 0.05) is 17.9 Å². The van der Waals surface area contributed by atoms with E-state index in [1.54, 1.807) is 10.7 Å². The molecule has 0 amide bonds. The Labute approximate surface area is 104 Å². The third-order valence-corrected chi connectivity index (χ3v) is 3.15. The first-order valence-corrected chi connectivity index (χ1v) is 5.82. The molecule has 3 rings (SSSR count). The lowest BCUT2D eigenvalue weighted by Gasteiger charge is -2.06. The van der Waals surface area contributed by atoms with E-state index in [-0.39, 0.29) is 5.69 Å². The van der Waals surface area contributed by atoms with Crippen molar-refractivity contribution in [3.8, 4) is 5.69 Å². The van der Waals surface area contributed by atoms with Crippen molar-refractivity contribution in [2.45, 2.75) is 13.3 Å². The van der Waals surface area contributed by atoms with E-state index in [4.69, 9.17) is 5.11 Å². The van der Waals surface area contributed by atoms with Gasteiger partial charge in [-0.2, -0.15) is 5.10 Å². The van der Waals surface area contributed by atoms with E-state index in [0.29, 0.717) is 0 Å². The van der Waals surface area contributed by atoms with Gasteiger partial charge in [-0.3, -0.25) is 0 Å². The summed E-state index contributed by atoms with van der Waals surface area (Å²) in [4.78, 5) is 10.9. The number of aromatic carboxylic acids is 1. The summed E-state index contributed by atoms with van der Waals surface area (Å²) >= 11 is 0. The van der Waals surface area contributed by atoms with E-state index in [1.165, 1.54) is 5.56 Å². The quantitative estimate of drug-likeness (QED) is 0.844. The minimum atomic E-state index is -1.00. The number of nitrogens with zero attached hydrogens (tertiary/aromatic N) is 2. The number of carbonyl (C=O) groups is 1. The predicted octanol–water partition coefficient (Wildman–Crippen LogP) is 1.85. The fraction of sp³-hybridized carbons (Fsp3) is 0.231. The number of carboxylic acid groups (broad SMARTS) is 1. The van der Waals surface area contributed by atoms with Crippen LogP contribution in [0.2, 0.25) is 0 Å². The first kappa shape index (κ1) is 10.8. The molecule has 5 nitrogen and oxygen atoms in total. The van der Waals surface area contributed by atoms with Crippen LogP contribution in [0.1, 0.15) is 21.7 Å². The number of carboxylic acids is 1. The molecule has 2 aromatic rings. The van der Waals surface area contributed by atoms with E-state index in [1.807, 2.05) is 19.1 Å². The highest BCUT2D eigenvalue weighted by Gasteiger charge is 2.14. The molecule has 0 radical (unpaired) electrons. The SMILES string of the molecule is Cc1cc(C(=O)O)nn1-c1ccc2c(c1)CCN2. The monoisotopic (exact) mass is 243 g/mol. The van der Waals surface area contributed by atoms with Gasteiger partial charge in [0.25, 0.3) is 0 Å². The Morgan fingerprint density at radius 2 is 2.28 bits per heavy atom. The molecular weight excluding hydrogens is 230 g/mol. The molecule has 92 valence electrons. The third kappa shape index (κ3) is 1.64. The summed E-state index contributed by atoms with van der Waals surface area (Å²) in [5, 5.41) is 16.3. The summed E-state index contributed by atoms with van der Waals surface area (Å²) < 4.78 is 1.67. The number of rotatable bonds is 2. The maximum Gasteiger partial charge on any atom is 0.356 e. The minimum Gasteiger partial charge on any atom is -0.476 e. The number of anilines is 1. The average Bonchev–Trinajstić information content (AvgIpc) is 2.93. The van der Waals surface area contributed by atoms with Gasteiger partial charge in [0.05, 0.1) is 5.69 Å². The van der Waals surface area contributed by atoms with Crippen LogP contribution in [0.25, 0.3) is 5.69 Å². The molecule has 5 heteroatoms. The van der Waals surface area contributed by atoms with Gasteiger partial charge in [0.1, 0.15) is 0 Å². The van der Waals surface area contributed by atoms with Crippen LogP contribution in [0.3, 0.4) is 0 Å². The molecule has 0 atom stereocenters. The van der Waals surface area contributed by atoms with E-state index >= 15 is 0 Å². The third-order valence-electron chi connectivity index (χ3n) is 3.15. The fourth-order valence-corrected chi connectivity index (χ4v) is 2.26. The van der Waals surface area contributed by atoms with Crippen molar-refractivity contribution in [2.24, 2.45) is 0 Å². The van der Waals surface area contributed by atoms with Crippen molar-refractivity contribution in [2.75, 3.05) is 11.9 Å². The van der Waals surface area contributed by atoms with Gasteiger partial charge >= 0.3 is 5.97 Å². The molecule has 2 N–H and O–H groups in total. The molecule has 18 heavy (non-hydrogen) atoms. The Morgan fingerprint density at radius 3 is 3.00 bits per heavy atom. The van der Waals surface area contributed by atoms with Gasteiger partial charge < -0.3 is 10.4 Å². The van der Waals surface area contributed by atoms with E-state index < -0.39 is 5.97 Å². The molecule has 0 unspecified atom stereocenters. The first-order chi connectivity index (χ1) is 8.65. The van der Waals surface area contributed by atoms with Gasteiger partial charge in [-0.05, 0) is 43.2 Å². The van der Waals surface area contributed by atoms with Crippen LogP contribution in [0.15, 0.2) is 24.3 Å². The first-order valence-electron chi connectivity index (χ1n) is 5.82. The van der Waals surface area contributed by atoms with Crippen molar-refractivity contribution in [3.05, 3.63) is 41.2 Å². The molecule has 0 bridgehead atoms. The van der Waals surface area contributed by atoms with Gasteiger partial charge in [-0.25, -0.2) is 9.48 Å². The smallest absolute Gasteiger partial charge is 0.356 e. The minimum absolute atomic E-state index is 0.0751. The molecule has 1 aromatic heterocycles. The predicted molar refractivity (Wildman–Crippen MR) is 67.5 cm³/mol. The molecule has 2 heterocycles. The molecule has 1 aromatic carbocycles. The zero-order chi connectivity index (χ0) is 12.7. The highest BCUT2D eigenvalue weighted by molar-refractivity contribution is 5.85. The Balaban J connectivity index is 2.07. The van der Waals surface area contributed by atoms with Gasteiger partial charge in [-0.15, -0.1) is 0 Å². The summed E-state index contributed by atoms with van der Waals surface area (Å²) in [7, 11) is 0. The fourth-order valence-electron chi connectivity index (χ4n) is 2.26. The van der Waals surface area contributed by atoms with Crippen molar-refractivity contribution in [1.29, 1.82) is 0 Å². The zero-order valence-electron chi connectivity index (χ0n) is 9.97. The molecule has 0 saturated heterocycles. The summed E-state index contributed by atoms with van der Waals surface area (Å²) in [5.41, 5.74) is 4.20. The number of nitrogens with one attached hydrogen (secondary N) is 1. The number of fused-ring (bicyclic) bond motifs is 1. The molecule has 0 spiro atoms. The summed E-state index contributed by atoms with van der Waals surface area (Å²) in [6, 6.07) is 7.59. The van der Waals surface area contributed by atoms with Crippen molar-refractivity contribution < 1.29 is 9.90 Å². The lowest BCUT2D eigenvalue weighted by atomic mass is 10.1. The van der Waals surface area contributed by atoms with Gasteiger partial charge in [-0.1, -0.05) is 0 Å². The largest absolute Gasteiger partial charge is 0.476 e. The van der Waals surface area contributed by atoms with Crippen LogP contribution in [-0.2, 0) is 6.42 Å². The molecule has 1 aliphatic rings. The van der Waals surface area contributed by atoms with Crippen molar-refractivity contribution >= 4 is 11.7 Å². The Kier molecular flexibility index (Phi) is 2.33. The molecule has 0 saturated carbocycles. The van der Waals surface area contributed by atoms with Crippen LogP contribution in [0.5, 0.6) is 0 Å². The van der Waals surface area contributed by atoms with Crippen molar-refractivity contribution in [1.82, 2.24) is 9.78 Å². The average molecular weight is 243 g/mol. The van der Waals surface area contributed by atoms with Crippen LogP contribution in [0, 0.1) is 6.92 Å². The zero-order valence-corrected chi connectivity index (χ0v) is 9.97. The number of hydrogen-bond acceptors (Lipinski definition) is 3. The van der Waals surface area contributed by atoms with Crippen molar-refractivity contribution in [3.63, 3.8) is 0 Å². The molecule has 0 aliphatic carbocycles. The van der Waals surface area contributed by atoms with Crippen LogP contribution < -0.4 is 5.32 Å². The second-order valence-corrected chi connectivity index (χ2v) is 4.41. The standard InChI is InChI=1S/C13H13N3O2/c1-8-6-12(13(17)18)15-16(8)10-2-3-11-9(7-10)4-5-14-11/h2-3,6-7,14H,4-5H2,1H3,(H,17,18). The van der Waals surface area contributed by atoms with Gasteiger partial charge in [0.15, 0.2) is 5.69 Å². The Bertz CT molecular complexity index is 631. The molecular formula is C13H13N3O2. The molecule has 1 aliphatic heterocycles. The number of aryl methyl sites for hydroxylation is 1. The van der Waals surface area contributed by atoms with Crippen LogP contribution in [-0.4, -0.2) is 27.4 Å². The highest BCUT2D eigenvalue weighted by atomic mass is 16.4. The second kappa shape index (κ2) is 3.87. The number of hydrogen-bond donors (Lipinski definition) is 2. The molecule has 0 fully saturated rings. The van der Waals surface area contributed by atoms with Crippen LogP contribution in [0.4, 0.5) is 5.69 Å². The lowest BCUT2D eigenvalue weighted by molar-refractivity contribution is 0.0690. The summed E-state index contributed by atoms with van der Waals surface area (Å²) in [5.74, 6) is -1.00. The Morgan fingerprint density at radius 1 is 1.44 bits per heavy atom. The topological polar surface area (TPSA) is 67.1 Å². The number of benzene rings is 1.